The number of allylic oxidation sites excluding steroid dienone is 2. The van der Waals surface area contributed by atoms with Gasteiger partial charge in [0.15, 0.2) is 0 Å². The van der Waals surface area contributed by atoms with E-state index in [0.717, 1.165) is 11.1 Å². The van der Waals surface area contributed by atoms with Crippen LogP contribution in [0.15, 0.2) is 41.8 Å². The highest BCUT2D eigenvalue weighted by molar-refractivity contribution is 8.02. The lowest BCUT2D eigenvalue weighted by Crippen LogP contribution is -1.89. The van der Waals surface area contributed by atoms with Crippen molar-refractivity contribution in [3.05, 3.63) is 53.0 Å². The molecular weight excluding hydrogens is 176 g/mol. The first-order chi connectivity index (χ1) is 6.77. The predicted octanol–water partition coefficient (Wildman–Crippen LogP) is 3.64. The van der Waals surface area contributed by atoms with Crippen molar-refractivity contribution in [2.24, 2.45) is 0 Å². The van der Waals surface area contributed by atoms with Crippen LogP contribution >= 0.6 is 11.8 Å². The summed E-state index contributed by atoms with van der Waals surface area (Å²) in [7, 11) is 0. The van der Waals surface area contributed by atoms with Gasteiger partial charge in [-0.2, -0.15) is 0 Å². The van der Waals surface area contributed by atoms with Crippen molar-refractivity contribution >= 4 is 17.3 Å². The lowest BCUT2D eigenvalue weighted by molar-refractivity contribution is 1.45. The van der Waals surface area contributed by atoms with Gasteiger partial charge in [0.05, 0.1) is 0 Å². The minimum absolute atomic E-state index is 0.178. The van der Waals surface area contributed by atoms with Crippen molar-refractivity contribution in [1.82, 2.24) is 0 Å². The van der Waals surface area contributed by atoms with E-state index in [1.807, 2.05) is 17.6 Å². The summed E-state index contributed by atoms with van der Waals surface area (Å²) in [5.74, 6) is 0. The summed E-state index contributed by atoms with van der Waals surface area (Å²) in [4.78, 5) is 0. The van der Waals surface area contributed by atoms with Gasteiger partial charge in [-0.1, -0.05) is 42.0 Å². The van der Waals surface area contributed by atoms with Crippen LogP contribution in [-0.2, 0) is 0 Å². The Morgan fingerprint density at radius 2 is 2.08 bits per heavy atom. The van der Waals surface area contributed by atoms with Crippen LogP contribution in [0, 0.1) is 6.92 Å². The smallest absolute Gasteiger partial charge is 0.0434 e. The standard InChI is InChI=1S/C12H12S/c1-10-4-6-11(7-5-10)12-3-2-8-13-9-12/h2-8H,9H2,1H3/i9D. The molecule has 1 aromatic rings. The second-order valence-corrected chi connectivity index (χ2v) is 3.85. The number of rotatable bonds is 1. The molecule has 1 heterocycles. The normalized spacial score (nSPS) is 22.4. The van der Waals surface area contributed by atoms with E-state index in [1.165, 1.54) is 5.56 Å². The highest BCUT2D eigenvalue weighted by Gasteiger charge is 2.02. The third-order valence-corrected chi connectivity index (χ3v) is 2.72. The van der Waals surface area contributed by atoms with Gasteiger partial charge in [-0.15, -0.1) is 11.8 Å². The largest absolute Gasteiger partial charge is 0.129 e. The Balaban J connectivity index is 2.34. The van der Waals surface area contributed by atoms with Gasteiger partial charge in [0, 0.05) is 7.10 Å². The van der Waals surface area contributed by atoms with Crippen molar-refractivity contribution in [2.45, 2.75) is 6.92 Å². The number of thioether (sulfide) groups is 1. The van der Waals surface area contributed by atoms with Crippen LogP contribution in [0.1, 0.15) is 12.5 Å². The zero-order valence-corrected chi connectivity index (χ0v) is 8.34. The Bertz CT molecular complexity index is 376. The Morgan fingerprint density at radius 1 is 1.31 bits per heavy atom. The van der Waals surface area contributed by atoms with E-state index < -0.39 is 0 Å². The molecule has 0 amide bonds. The van der Waals surface area contributed by atoms with E-state index in [4.69, 9.17) is 1.37 Å². The van der Waals surface area contributed by atoms with E-state index in [2.05, 4.69) is 31.2 Å². The fourth-order valence-corrected chi connectivity index (χ4v) is 1.86. The second kappa shape index (κ2) is 3.84. The van der Waals surface area contributed by atoms with Crippen molar-refractivity contribution < 1.29 is 1.37 Å². The minimum Gasteiger partial charge on any atom is -0.129 e. The summed E-state index contributed by atoms with van der Waals surface area (Å²) in [6.45, 7) is 2.08. The molecule has 0 aromatic heterocycles. The van der Waals surface area contributed by atoms with Gasteiger partial charge in [0.2, 0.25) is 0 Å². The van der Waals surface area contributed by atoms with Gasteiger partial charge in [0.25, 0.3) is 0 Å². The highest BCUT2D eigenvalue weighted by atomic mass is 32.2. The fourth-order valence-electron chi connectivity index (χ4n) is 1.25. The molecule has 0 radical (unpaired) electrons. The minimum atomic E-state index is -0.178. The van der Waals surface area contributed by atoms with Crippen LogP contribution in [0.5, 0.6) is 0 Å². The molecule has 0 nitrogen and oxygen atoms in total. The van der Waals surface area contributed by atoms with Crippen molar-refractivity contribution in [1.29, 1.82) is 0 Å². The monoisotopic (exact) mass is 189 g/mol. The lowest BCUT2D eigenvalue weighted by atomic mass is 10.1. The summed E-state index contributed by atoms with van der Waals surface area (Å²) < 4.78 is 7.86. The summed E-state index contributed by atoms with van der Waals surface area (Å²) in [6.07, 6.45) is 4.03. The van der Waals surface area contributed by atoms with Gasteiger partial charge >= 0.3 is 0 Å². The van der Waals surface area contributed by atoms with Gasteiger partial charge in [-0.05, 0) is 23.5 Å². The van der Waals surface area contributed by atoms with Gasteiger partial charge < -0.3 is 0 Å². The van der Waals surface area contributed by atoms with Crippen LogP contribution in [-0.4, -0.2) is 5.73 Å². The van der Waals surface area contributed by atoms with Crippen LogP contribution in [0.3, 0.4) is 0 Å². The van der Waals surface area contributed by atoms with Gasteiger partial charge in [-0.25, -0.2) is 0 Å². The van der Waals surface area contributed by atoms with Crippen LogP contribution in [0.2, 0.25) is 0 Å². The maximum atomic E-state index is 7.86. The Kier molecular flexibility index (Phi) is 2.20. The average Bonchev–Trinajstić information content (AvgIpc) is 2.20. The Hall–Kier alpha value is -0.950. The molecular formula is C12H12S. The molecule has 1 aromatic carbocycles. The van der Waals surface area contributed by atoms with Crippen LogP contribution in [0.4, 0.5) is 0 Å². The molecule has 2 rings (SSSR count). The van der Waals surface area contributed by atoms with Crippen LogP contribution in [0.25, 0.3) is 5.57 Å². The third-order valence-electron chi connectivity index (χ3n) is 2.01. The van der Waals surface area contributed by atoms with Gasteiger partial charge in [-0.3, -0.25) is 0 Å². The fraction of sp³-hybridized carbons (Fsp3) is 0.167. The van der Waals surface area contributed by atoms with E-state index in [-0.39, 0.29) is 5.73 Å². The molecule has 1 unspecified atom stereocenters. The number of hydrogen-bond acceptors (Lipinski definition) is 1. The molecule has 0 saturated heterocycles. The van der Waals surface area contributed by atoms with Gasteiger partial charge in [0.1, 0.15) is 0 Å². The van der Waals surface area contributed by atoms with Crippen molar-refractivity contribution in [2.75, 3.05) is 5.73 Å². The topological polar surface area (TPSA) is 0 Å². The molecule has 0 N–H and O–H groups in total. The molecule has 66 valence electrons. The average molecular weight is 189 g/mol. The molecule has 1 aliphatic heterocycles. The molecule has 0 saturated carbocycles. The SMILES string of the molecule is [2H]C1SC=CC=C1c1ccc(C)cc1. The van der Waals surface area contributed by atoms with E-state index in [9.17, 15) is 0 Å². The predicted molar refractivity (Wildman–Crippen MR) is 60.8 cm³/mol. The number of benzene rings is 1. The van der Waals surface area contributed by atoms with E-state index in [0.29, 0.717) is 0 Å². The molecule has 1 atom stereocenters. The summed E-state index contributed by atoms with van der Waals surface area (Å²) >= 11 is 1.54. The van der Waals surface area contributed by atoms with Crippen molar-refractivity contribution in [3.63, 3.8) is 0 Å². The zero-order valence-electron chi connectivity index (χ0n) is 8.53. The third kappa shape index (κ3) is 2.04. The molecule has 1 aliphatic rings. The molecule has 1 heteroatoms. The molecule has 0 fully saturated rings. The molecule has 0 spiro atoms. The zero-order chi connectivity index (χ0) is 9.97. The summed E-state index contributed by atoms with van der Waals surface area (Å²) in [6, 6.07) is 8.35. The van der Waals surface area contributed by atoms with Crippen molar-refractivity contribution in [3.8, 4) is 0 Å². The first kappa shape index (κ1) is 7.45. The summed E-state index contributed by atoms with van der Waals surface area (Å²) in [5.41, 5.74) is 3.34. The number of aryl methyl sites for hydroxylation is 1. The number of hydrogen-bond donors (Lipinski definition) is 0. The highest BCUT2D eigenvalue weighted by Crippen LogP contribution is 2.24. The van der Waals surface area contributed by atoms with E-state index >= 15 is 0 Å². The Labute approximate surface area is 84.8 Å². The summed E-state index contributed by atoms with van der Waals surface area (Å²) in [5, 5.41) is 1.97. The second-order valence-electron chi connectivity index (χ2n) is 3.07. The van der Waals surface area contributed by atoms with E-state index in [1.54, 1.807) is 11.8 Å². The molecule has 13 heavy (non-hydrogen) atoms. The Morgan fingerprint density at radius 3 is 2.77 bits per heavy atom. The molecule has 0 aliphatic carbocycles. The van der Waals surface area contributed by atoms with Crippen LogP contribution < -0.4 is 0 Å². The maximum Gasteiger partial charge on any atom is 0.0434 e. The maximum absolute atomic E-state index is 7.86. The first-order valence-corrected chi connectivity index (χ1v) is 5.23. The quantitative estimate of drug-likeness (QED) is 0.650. The molecule has 0 bridgehead atoms. The lowest BCUT2D eigenvalue weighted by Gasteiger charge is -2.08. The first-order valence-electron chi connectivity index (χ1n) is 4.86.